The molecule has 0 aliphatic carbocycles. The Morgan fingerprint density at radius 2 is 1.35 bits per heavy atom. The van der Waals surface area contributed by atoms with Gasteiger partial charge in [-0.05, 0) is 80.3 Å². The molecule has 0 bridgehead atoms. The highest BCUT2D eigenvalue weighted by Crippen LogP contribution is 2.34. The number of piperidine rings is 1. The van der Waals surface area contributed by atoms with Crippen LogP contribution in [0, 0.1) is 12.7 Å². The largest absolute Gasteiger partial charge is 0.372 e. The summed E-state index contributed by atoms with van der Waals surface area (Å²) in [7, 11) is 0. The summed E-state index contributed by atoms with van der Waals surface area (Å²) in [6, 6.07) is 20.8. The van der Waals surface area contributed by atoms with E-state index in [2.05, 4.69) is 10.2 Å². The topological polar surface area (TPSA) is 52.7 Å². The highest BCUT2D eigenvalue weighted by molar-refractivity contribution is 6.46. The highest BCUT2D eigenvalue weighted by Gasteiger charge is 2.40. The minimum absolute atomic E-state index is 0.183. The quantitative estimate of drug-likeness (QED) is 0.515. The third kappa shape index (κ3) is 4.19. The molecule has 0 unspecified atom stereocenters. The van der Waals surface area contributed by atoms with Crippen molar-refractivity contribution < 1.29 is 14.0 Å². The van der Waals surface area contributed by atoms with Gasteiger partial charge in [-0.3, -0.25) is 9.59 Å². The van der Waals surface area contributed by atoms with Crippen LogP contribution >= 0.6 is 0 Å². The van der Waals surface area contributed by atoms with Crippen molar-refractivity contribution in [3.8, 4) is 0 Å². The molecule has 0 atom stereocenters. The average molecular weight is 456 g/mol. The summed E-state index contributed by atoms with van der Waals surface area (Å²) in [5, 5.41) is 3.18. The molecule has 0 aromatic heterocycles. The molecular formula is C28H26FN3O2. The number of hydrogen-bond donors (Lipinski definition) is 1. The second-order valence-corrected chi connectivity index (χ2v) is 8.76. The first-order chi connectivity index (χ1) is 16.5. The fraction of sp³-hybridized carbons (Fsp3) is 0.214. The zero-order valence-electron chi connectivity index (χ0n) is 19.1. The number of benzene rings is 3. The number of carbonyl (C=O) groups excluding carboxylic acids is 2. The Morgan fingerprint density at radius 3 is 2.00 bits per heavy atom. The van der Waals surface area contributed by atoms with Crippen LogP contribution in [-0.2, 0) is 9.59 Å². The van der Waals surface area contributed by atoms with Gasteiger partial charge in [0.1, 0.15) is 11.5 Å². The van der Waals surface area contributed by atoms with Gasteiger partial charge in [0.2, 0.25) is 0 Å². The van der Waals surface area contributed by atoms with Crippen LogP contribution in [0.3, 0.4) is 0 Å². The van der Waals surface area contributed by atoms with Crippen LogP contribution in [0.1, 0.15) is 30.4 Å². The van der Waals surface area contributed by atoms with E-state index in [4.69, 9.17) is 0 Å². The van der Waals surface area contributed by atoms with Crippen molar-refractivity contribution in [2.45, 2.75) is 26.2 Å². The van der Waals surface area contributed by atoms with E-state index >= 15 is 0 Å². The van der Waals surface area contributed by atoms with E-state index in [-0.39, 0.29) is 11.3 Å². The Bertz CT molecular complexity index is 1240. The average Bonchev–Trinajstić information content (AvgIpc) is 3.10. The maximum Gasteiger partial charge on any atom is 0.282 e. The minimum atomic E-state index is -0.437. The molecule has 172 valence electrons. The molecule has 1 fully saturated rings. The lowest BCUT2D eigenvalue weighted by atomic mass is 10.0. The second kappa shape index (κ2) is 9.14. The van der Waals surface area contributed by atoms with Gasteiger partial charge in [0.05, 0.1) is 11.3 Å². The van der Waals surface area contributed by atoms with Gasteiger partial charge < -0.3 is 10.2 Å². The molecule has 1 saturated heterocycles. The van der Waals surface area contributed by atoms with E-state index in [1.807, 2.05) is 43.3 Å². The molecule has 6 heteroatoms. The number of aryl methyl sites for hydroxylation is 1. The maximum absolute atomic E-state index is 13.6. The van der Waals surface area contributed by atoms with E-state index in [9.17, 15) is 14.0 Å². The molecule has 5 nitrogen and oxygen atoms in total. The highest BCUT2D eigenvalue weighted by atomic mass is 19.1. The Morgan fingerprint density at radius 1 is 0.735 bits per heavy atom. The van der Waals surface area contributed by atoms with Gasteiger partial charge in [0, 0.05) is 24.5 Å². The van der Waals surface area contributed by atoms with Gasteiger partial charge in [-0.1, -0.05) is 29.8 Å². The van der Waals surface area contributed by atoms with Crippen molar-refractivity contribution >= 4 is 34.4 Å². The SMILES string of the molecule is Cc1ccc(N2C(=O)C(Nc3ccc(N4CCCCC4)cc3)=C(c3ccc(F)cc3)C2=O)cc1. The lowest BCUT2D eigenvalue weighted by Crippen LogP contribution is -2.32. The summed E-state index contributed by atoms with van der Waals surface area (Å²) in [5.41, 5.74) is 4.28. The summed E-state index contributed by atoms with van der Waals surface area (Å²) < 4.78 is 13.6. The first-order valence-corrected chi connectivity index (χ1v) is 11.6. The van der Waals surface area contributed by atoms with Crippen molar-refractivity contribution in [2.75, 3.05) is 28.2 Å². The summed E-state index contributed by atoms with van der Waals surface area (Å²) in [5.74, 6) is -1.28. The molecule has 0 spiro atoms. The number of imide groups is 1. The molecule has 0 saturated carbocycles. The number of nitrogens with one attached hydrogen (secondary N) is 1. The van der Waals surface area contributed by atoms with Crippen molar-refractivity contribution in [1.82, 2.24) is 0 Å². The van der Waals surface area contributed by atoms with Crippen LogP contribution < -0.4 is 15.1 Å². The molecular weight excluding hydrogens is 429 g/mol. The third-order valence-electron chi connectivity index (χ3n) is 6.37. The number of anilines is 3. The Balaban J connectivity index is 1.49. The minimum Gasteiger partial charge on any atom is -0.372 e. The van der Waals surface area contributed by atoms with Gasteiger partial charge in [-0.15, -0.1) is 0 Å². The summed E-state index contributed by atoms with van der Waals surface area (Å²) in [6.45, 7) is 4.04. The molecule has 34 heavy (non-hydrogen) atoms. The number of hydrogen-bond acceptors (Lipinski definition) is 4. The van der Waals surface area contributed by atoms with Crippen LogP contribution in [0.5, 0.6) is 0 Å². The van der Waals surface area contributed by atoms with Crippen molar-refractivity contribution in [3.63, 3.8) is 0 Å². The fourth-order valence-corrected chi connectivity index (χ4v) is 4.51. The normalized spacial score (nSPS) is 16.4. The lowest BCUT2D eigenvalue weighted by Gasteiger charge is -2.28. The smallest absolute Gasteiger partial charge is 0.282 e. The van der Waals surface area contributed by atoms with E-state index in [1.54, 1.807) is 12.1 Å². The fourth-order valence-electron chi connectivity index (χ4n) is 4.51. The summed E-state index contributed by atoms with van der Waals surface area (Å²) in [4.78, 5) is 30.5. The zero-order valence-corrected chi connectivity index (χ0v) is 19.1. The lowest BCUT2D eigenvalue weighted by molar-refractivity contribution is -0.120. The summed E-state index contributed by atoms with van der Waals surface area (Å²) >= 11 is 0. The second-order valence-electron chi connectivity index (χ2n) is 8.76. The molecule has 2 heterocycles. The zero-order chi connectivity index (χ0) is 23.7. The number of rotatable bonds is 5. The van der Waals surface area contributed by atoms with Crippen LogP contribution in [0.15, 0.2) is 78.5 Å². The van der Waals surface area contributed by atoms with Gasteiger partial charge in [0.25, 0.3) is 11.8 Å². The van der Waals surface area contributed by atoms with Gasteiger partial charge in [-0.25, -0.2) is 9.29 Å². The van der Waals surface area contributed by atoms with Gasteiger partial charge in [-0.2, -0.15) is 0 Å². The van der Waals surface area contributed by atoms with Gasteiger partial charge in [0.15, 0.2) is 0 Å². The monoisotopic (exact) mass is 455 g/mol. The molecule has 3 aromatic carbocycles. The number of amides is 2. The van der Waals surface area contributed by atoms with E-state index < -0.39 is 17.6 Å². The van der Waals surface area contributed by atoms with E-state index in [0.717, 1.165) is 24.3 Å². The first-order valence-electron chi connectivity index (χ1n) is 11.6. The Hall–Kier alpha value is -3.93. The molecule has 5 rings (SSSR count). The van der Waals surface area contributed by atoms with Crippen molar-refractivity contribution in [1.29, 1.82) is 0 Å². The standard InChI is InChI=1S/C28H26FN3O2/c1-19-5-13-24(14-6-19)32-27(33)25(20-7-9-21(29)10-8-20)26(28(32)34)30-22-11-15-23(16-12-22)31-17-3-2-4-18-31/h5-16,30H,2-4,17-18H2,1H3. The van der Waals surface area contributed by atoms with Crippen LogP contribution in [0.25, 0.3) is 5.57 Å². The maximum atomic E-state index is 13.6. The third-order valence-corrected chi connectivity index (χ3v) is 6.37. The molecule has 0 radical (unpaired) electrons. The number of carbonyl (C=O) groups is 2. The van der Waals surface area contributed by atoms with Crippen LogP contribution in [-0.4, -0.2) is 24.9 Å². The van der Waals surface area contributed by atoms with E-state index in [0.29, 0.717) is 16.9 Å². The molecule has 1 N–H and O–H groups in total. The number of halogens is 1. The Kier molecular flexibility index (Phi) is 5.88. The molecule has 2 aliphatic heterocycles. The van der Waals surface area contributed by atoms with E-state index in [1.165, 1.54) is 48.4 Å². The molecule has 2 aliphatic rings. The predicted octanol–water partition coefficient (Wildman–Crippen LogP) is 5.52. The first kappa shape index (κ1) is 21.9. The Labute approximate surface area is 198 Å². The number of nitrogens with zero attached hydrogens (tertiary/aromatic N) is 2. The summed E-state index contributed by atoms with van der Waals surface area (Å²) in [6.07, 6.45) is 3.66. The van der Waals surface area contributed by atoms with Crippen molar-refractivity contribution in [2.24, 2.45) is 0 Å². The van der Waals surface area contributed by atoms with Crippen molar-refractivity contribution in [3.05, 3.63) is 95.4 Å². The van der Waals surface area contributed by atoms with Gasteiger partial charge >= 0.3 is 0 Å². The molecule has 3 aromatic rings. The van der Waals surface area contributed by atoms with Crippen LogP contribution in [0.4, 0.5) is 21.5 Å². The van der Waals surface area contributed by atoms with Crippen LogP contribution in [0.2, 0.25) is 0 Å². The predicted molar refractivity (Wildman–Crippen MR) is 133 cm³/mol. The molecule has 2 amide bonds.